The third-order valence-electron chi connectivity index (χ3n) is 3.04. The van der Waals surface area contributed by atoms with Crippen molar-refractivity contribution in [3.8, 4) is 0 Å². The van der Waals surface area contributed by atoms with E-state index in [1.54, 1.807) is 16.7 Å². The first-order chi connectivity index (χ1) is 9.58. The number of thioether (sulfide) groups is 1. The lowest BCUT2D eigenvalue weighted by Gasteiger charge is -2.22. The number of ether oxygens (including phenoxy) is 1. The zero-order valence-electron chi connectivity index (χ0n) is 12.2. The summed E-state index contributed by atoms with van der Waals surface area (Å²) in [5, 5.41) is 0. The van der Waals surface area contributed by atoms with E-state index in [4.69, 9.17) is 0 Å². The van der Waals surface area contributed by atoms with Crippen molar-refractivity contribution >= 4 is 23.6 Å². The van der Waals surface area contributed by atoms with E-state index >= 15 is 0 Å². The van der Waals surface area contributed by atoms with Crippen LogP contribution in [0.15, 0.2) is 24.3 Å². The van der Waals surface area contributed by atoms with Crippen LogP contribution < -0.4 is 0 Å². The first-order valence-corrected chi connectivity index (χ1v) is 7.86. The molecule has 1 rings (SSSR count). The molecule has 0 fully saturated rings. The quantitative estimate of drug-likeness (QED) is 0.724. The second-order valence-corrected chi connectivity index (χ2v) is 5.48. The number of hydrogen-bond acceptors (Lipinski definition) is 4. The lowest BCUT2D eigenvalue weighted by molar-refractivity contribution is -0.147. The van der Waals surface area contributed by atoms with Crippen molar-refractivity contribution in [2.75, 3.05) is 25.7 Å². The van der Waals surface area contributed by atoms with Crippen LogP contribution in [0, 0.1) is 6.92 Å². The number of carbonyl (C=O) groups excluding carboxylic acids is 2. The Kier molecular flexibility index (Phi) is 7.15. The molecule has 0 radical (unpaired) electrons. The SMILES string of the molecule is COC(=O)CN(Cc1ccccc1C)C(=O)CCSC. The molecule has 110 valence electrons. The van der Waals surface area contributed by atoms with Gasteiger partial charge in [-0.3, -0.25) is 9.59 Å². The van der Waals surface area contributed by atoms with Crippen LogP contribution in [0.5, 0.6) is 0 Å². The van der Waals surface area contributed by atoms with Gasteiger partial charge in [0.05, 0.1) is 7.11 Å². The van der Waals surface area contributed by atoms with Gasteiger partial charge in [-0.05, 0) is 24.3 Å². The highest BCUT2D eigenvalue weighted by Gasteiger charge is 2.18. The molecule has 1 aromatic rings. The molecule has 5 heteroatoms. The van der Waals surface area contributed by atoms with Crippen LogP contribution in [0.2, 0.25) is 0 Å². The molecule has 1 amide bonds. The Hall–Kier alpha value is -1.49. The molecule has 0 spiro atoms. The van der Waals surface area contributed by atoms with Crippen molar-refractivity contribution in [3.05, 3.63) is 35.4 Å². The van der Waals surface area contributed by atoms with E-state index in [9.17, 15) is 9.59 Å². The van der Waals surface area contributed by atoms with E-state index in [1.165, 1.54) is 7.11 Å². The number of esters is 1. The minimum Gasteiger partial charge on any atom is -0.468 e. The van der Waals surface area contributed by atoms with Crippen molar-refractivity contribution < 1.29 is 14.3 Å². The summed E-state index contributed by atoms with van der Waals surface area (Å²) < 4.78 is 4.67. The molecule has 0 N–H and O–H groups in total. The lowest BCUT2D eigenvalue weighted by Crippen LogP contribution is -2.36. The molecule has 0 atom stereocenters. The smallest absolute Gasteiger partial charge is 0.325 e. The summed E-state index contributed by atoms with van der Waals surface area (Å²) >= 11 is 1.62. The Balaban J connectivity index is 2.79. The summed E-state index contributed by atoms with van der Waals surface area (Å²) in [5.74, 6) is 0.341. The van der Waals surface area contributed by atoms with Crippen molar-refractivity contribution in [2.24, 2.45) is 0 Å². The van der Waals surface area contributed by atoms with Crippen molar-refractivity contribution in [3.63, 3.8) is 0 Å². The molecule has 0 aliphatic carbocycles. The molecule has 4 nitrogen and oxygen atoms in total. The van der Waals surface area contributed by atoms with Crippen molar-refractivity contribution in [1.82, 2.24) is 4.90 Å². The first kappa shape index (κ1) is 16.6. The van der Waals surface area contributed by atoms with Gasteiger partial charge in [0.15, 0.2) is 0 Å². The lowest BCUT2D eigenvalue weighted by atomic mass is 10.1. The van der Waals surface area contributed by atoms with Crippen LogP contribution >= 0.6 is 11.8 Å². The average Bonchev–Trinajstić information content (AvgIpc) is 2.46. The highest BCUT2D eigenvalue weighted by Crippen LogP contribution is 2.12. The largest absolute Gasteiger partial charge is 0.468 e. The monoisotopic (exact) mass is 295 g/mol. The van der Waals surface area contributed by atoms with Gasteiger partial charge in [0.2, 0.25) is 5.91 Å². The molecule has 0 aromatic heterocycles. The summed E-state index contributed by atoms with van der Waals surface area (Å²) in [7, 11) is 1.33. The number of amides is 1. The van der Waals surface area contributed by atoms with Crippen LogP contribution in [0.3, 0.4) is 0 Å². The van der Waals surface area contributed by atoms with Gasteiger partial charge >= 0.3 is 5.97 Å². The standard InChI is InChI=1S/C15H21NO3S/c1-12-6-4-5-7-13(12)10-16(11-15(18)19-2)14(17)8-9-20-3/h4-7H,8-11H2,1-3H3. The van der Waals surface area contributed by atoms with Gasteiger partial charge < -0.3 is 9.64 Å². The summed E-state index contributed by atoms with van der Waals surface area (Å²) in [6.45, 7) is 2.44. The van der Waals surface area contributed by atoms with Crippen LogP contribution in [0.25, 0.3) is 0 Å². The second kappa shape index (κ2) is 8.64. The third-order valence-corrected chi connectivity index (χ3v) is 3.66. The van der Waals surface area contributed by atoms with Gasteiger partial charge in [0.1, 0.15) is 6.54 Å². The maximum absolute atomic E-state index is 12.2. The topological polar surface area (TPSA) is 46.6 Å². The van der Waals surface area contributed by atoms with Crippen LogP contribution in [0.1, 0.15) is 17.5 Å². The van der Waals surface area contributed by atoms with Crippen LogP contribution in [-0.2, 0) is 20.9 Å². The van der Waals surface area contributed by atoms with E-state index in [0.29, 0.717) is 13.0 Å². The number of rotatable bonds is 7. The molecule has 0 heterocycles. The van der Waals surface area contributed by atoms with E-state index in [1.807, 2.05) is 37.4 Å². The Labute approximate surface area is 124 Å². The van der Waals surface area contributed by atoms with E-state index in [-0.39, 0.29) is 12.5 Å². The van der Waals surface area contributed by atoms with E-state index in [2.05, 4.69) is 4.74 Å². The molecule has 0 bridgehead atoms. The number of nitrogens with zero attached hydrogens (tertiary/aromatic N) is 1. The summed E-state index contributed by atoms with van der Waals surface area (Å²) in [6, 6.07) is 7.86. The molecule has 0 aliphatic rings. The maximum Gasteiger partial charge on any atom is 0.325 e. The van der Waals surface area contributed by atoms with Gasteiger partial charge in [-0.2, -0.15) is 11.8 Å². The molecular weight excluding hydrogens is 274 g/mol. The molecule has 20 heavy (non-hydrogen) atoms. The Bertz CT molecular complexity index is 462. The highest BCUT2D eigenvalue weighted by atomic mass is 32.2. The first-order valence-electron chi connectivity index (χ1n) is 6.46. The normalized spacial score (nSPS) is 10.2. The predicted octanol–water partition coefficient (Wildman–Crippen LogP) is 2.25. The van der Waals surface area contributed by atoms with Gasteiger partial charge in [0.25, 0.3) is 0 Å². The minimum atomic E-state index is -0.393. The fourth-order valence-corrected chi connectivity index (χ4v) is 2.17. The molecule has 1 aromatic carbocycles. The number of hydrogen-bond donors (Lipinski definition) is 0. The fraction of sp³-hybridized carbons (Fsp3) is 0.467. The minimum absolute atomic E-state index is 0.00194. The van der Waals surface area contributed by atoms with Crippen LogP contribution in [-0.4, -0.2) is 42.4 Å². The zero-order valence-corrected chi connectivity index (χ0v) is 13.0. The molecule has 0 unspecified atom stereocenters. The van der Waals surface area contributed by atoms with Crippen molar-refractivity contribution in [2.45, 2.75) is 19.9 Å². The number of methoxy groups -OCH3 is 1. The predicted molar refractivity (Wildman–Crippen MR) is 81.6 cm³/mol. The highest BCUT2D eigenvalue weighted by molar-refractivity contribution is 7.98. The summed E-state index contributed by atoms with van der Waals surface area (Å²) in [6.07, 6.45) is 2.39. The van der Waals surface area contributed by atoms with Gasteiger partial charge in [-0.1, -0.05) is 24.3 Å². The molecule has 0 aliphatic heterocycles. The van der Waals surface area contributed by atoms with Gasteiger partial charge in [0, 0.05) is 18.7 Å². The van der Waals surface area contributed by atoms with Gasteiger partial charge in [-0.15, -0.1) is 0 Å². The second-order valence-electron chi connectivity index (χ2n) is 4.50. The number of carbonyl (C=O) groups is 2. The van der Waals surface area contributed by atoms with Crippen LogP contribution in [0.4, 0.5) is 0 Å². The Morgan fingerprint density at radius 3 is 2.60 bits per heavy atom. The summed E-state index contributed by atoms with van der Waals surface area (Å²) in [4.78, 5) is 25.2. The molecule has 0 saturated heterocycles. The Morgan fingerprint density at radius 1 is 1.30 bits per heavy atom. The number of benzene rings is 1. The third kappa shape index (κ3) is 5.25. The Morgan fingerprint density at radius 2 is 2.00 bits per heavy atom. The summed E-state index contributed by atoms with van der Waals surface area (Å²) in [5.41, 5.74) is 2.16. The average molecular weight is 295 g/mol. The van der Waals surface area contributed by atoms with Crippen molar-refractivity contribution in [1.29, 1.82) is 0 Å². The van der Waals surface area contributed by atoms with Gasteiger partial charge in [-0.25, -0.2) is 0 Å². The maximum atomic E-state index is 12.2. The van der Waals surface area contributed by atoms with E-state index < -0.39 is 5.97 Å². The zero-order chi connectivity index (χ0) is 15.0. The van der Waals surface area contributed by atoms with E-state index in [0.717, 1.165) is 16.9 Å². The molecular formula is C15H21NO3S. The molecule has 0 saturated carbocycles. The fourth-order valence-electron chi connectivity index (χ4n) is 1.79. The number of aryl methyl sites for hydroxylation is 1.